The molecule has 5 rings (SSSR count). The molecular formula is C26H31N3O2. The maximum Gasteiger partial charge on any atom is 0.254 e. The van der Waals surface area contributed by atoms with Crippen LogP contribution in [-0.4, -0.2) is 33.3 Å². The van der Waals surface area contributed by atoms with Gasteiger partial charge in [0.15, 0.2) is 0 Å². The van der Waals surface area contributed by atoms with E-state index in [0.717, 1.165) is 49.7 Å². The van der Waals surface area contributed by atoms with Gasteiger partial charge in [0.2, 0.25) is 5.91 Å². The molecule has 2 fully saturated rings. The molecule has 0 saturated heterocycles. The molecule has 2 amide bonds. The number of carbonyl (C=O) groups is 2. The van der Waals surface area contributed by atoms with Crippen LogP contribution in [0.3, 0.4) is 0 Å². The molecule has 1 spiro atoms. The Morgan fingerprint density at radius 2 is 1.81 bits per heavy atom. The fourth-order valence-corrected chi connectivity index (χ4v) is 6.27. The van der Waals surface area contributed by atoms with Crippen LogP contribution in [0.2, 0.25) is 0 Å². The number of fused-ring (bicyclic) bond motifs is 1. The highest BCUT2D eigenvalue weighted by Crippen LogP contribution is 2.52. The van der Waals surface area contributed by atoms with Crippen molar-refractivity contribution in [2.24, 2.45) is 0 Å². The van der Waals surface area contributed by atoms with Gasteiger partial charge < -0.3 is 10.2 Å². The standard InChI is InChI=1S/C26H31N3O2/c30-24(28-18-19-9-8-16-27-17-19)23-21-12-4-5-13-22(21)25(31)29(20-10-2-1-3-11-20)26(23)14-6-7-15-26/h4-5,8-9,12-13,16-17,20,23H,1-3,6-7,10-11,14-15,18H2,(H,28,30)/t23-/m0/s1. The number of rotatable bonds is 4. The number of hydrogen-bond donors (Lipinski definition) is 1. The molecule has 31 heavy (non-hydrogen) atoms. The van der Waals surface area contributed by atoms with E-state index in [9.17, 15) is 9.59 Å². The lowest BCUT2D eigenvalue weighted by Gasteiger charge is -2.54. The van der Waals surface area contributed by atoms with E-state index in [2.05, 4.69) is 15.2 Å². The Labute approximate surface area is 184 Å². The summed E-state index contributed by atoms with van der Waals surface area (Å²) >= 11 is 0. The molecular weight excluding hydrogens is 386 g/mol. The largest absolute Gasteiger partial charge is 0.351 e. The third kappa shape index (κ3) is 3.54. The SMILES string of the molecule is O=C(NCc1cccnc1)[C@@H]1c2ccccc2C(=O)N(C2CCCCC2)C12CCCC2. The summed E-state index contributed by atoms with van der Waals surface area (Å²) in [6.07, 6.45) is 13.2. The molecule has 5 nitrogen and oxygen atoms in total. The first-order valence-electron chi connectivity index (χ1n) is 11.8. The summed E-state index contributed by atoms with van der Waals surface area (Å²) in [6.45, 7) is 0.457. The number of carbonyl (C=O) groups excluding carboxylic acids is 2. The molecule has 2 aliphatic carbocycles. The summed E-state index contributed by atoms with van der Waals surface area (Å²) in [4.78, 5) is 33.9. The summed E-state index contributed by atoms with van der Waals surface area (Å²) in [5, 5.41) is 3.18. The van der Waals surface area contributed by atoms with Crippen LogP contribution in [0.1, 0.15) is 85.2 Å². The van der Waals surface area contributed by atoms with Crippen molar-refractivity contribution in [2.75, 3.05) is 0 Å². The summed E-state index contributed by atoms with van der Waals surface area (Å²) in [5.74, 6) is -0.144. The summed E-state index contributed by atoms with van der Waals surface area (Å²) in [5.41, 5.74) is 2.21. The lowest BCUT2D eigenvalue weighted by atomic mass is 9.69. The Morgan fingerprint density at radius 1 is 1.03 bits per heavy atom. The predicted octanol–water partition coefficient (Wildman–Crippen LogP) is 4.58. The topological polar surface area (TPSA) is 62.3 Å². The minimum absolute atomic E-state index is 0.0338. The normalized spacial score (nSPS) is 23.0. The number of hydrogen-bond acceptors (Lipinski definition) is 3. The van der Waals surface area contributed by atoms with E-state index in [1.54, 1.807) is 12.4 Å². The first-order chi connectivity index (χ1) is 15.2. The van der Waals surface area contributed by atoms with Gasteiger partial charge in [-0.25, -0.2) is 0 Å². The Balaban J connectivity index is 1.54. The van der Waals surface area contributed by atoms with Crippen LogP contribution in [0, 0.1) is 0 Å². The molecule has 1 N–H and O–H groups in total. The summed E-state index contributed by atoms with van der Waals surface area (Å²) in [6, 6.07) is 11.9. The van der Waals surface area contributed by atoms with Gasteiger partial charge in [-0.2, -0.15) is 0 Å². The van der Waals surface area contributed by atoms with Crippen molar-refractivity contribution in [3.63, 3.8) is 0 Å². The highest BCUT2D eigenvalue weighted by Gasteiger charge is 2.57. The Hall–Kier alpha value is -2.69. The van der Waals surface area contributed by atoms with Gasteiger partial charge >= 0.3 is 0 Å². The van der Waals surface area contributed by atoms with Gasteiger partial charge in [-0.05, 0) is 48.9 Å². The smallest absolute Gasteiger partial charge is 0.254 e. The molecule has 5 heteroatoms. The van der Waals surface area contributed by atoms with E-state index in [1.165, 1.54) is 19.3 Å². The quantitative estimate of drug-likeness (QED) is 0.792. The van der Waals surface area contributed by atoms with Crippen LogP contribution in [0.4, 0.5) is 0 Å². The number of amides is 2. The molecule has 1 aromatic heterocycles. The second-order valence-corrected chi connectivity index (χ2v) is 9.38. The van der Waals surface area contributed by atoms with E-state index < -0.39 is 5.54 Å². The molecule has 2 heterocycles. The summed E-state index contributed by atoms with van der Waals surface area (Å²) in [7, 11) is 0. The number of benzene rings is 1. The van der Waals surface area contributed by atoms with E-state index in [-0.39, 0.29) is 23.8 Å². The van der Waals surface area contributed by atoms with Crippen molar-refractivity contribution in [3.8, 4) is 0 Å². The maximum atomic E-state index is 13.8. The Kier molecular flexibility index (Phi) is 5.51. The highest BCUT2D eigenvalue weighted by atomic mass is 16.2. The van der Waals surface area contributed by atoms with Crippen LogP contribution in [0.5, 0.6) is 0 Å². The minimum Gasteiger partial charge on any atom is -0.351 e. The van der Waals surface area contributed by atoms with E-state index >= 15 is 0 Å². The van der Waals surface area contributed by atoms with Crippen LogP contribution in [0.15, 0.2) is 48.8 Å². The molecule has 0 unspecified atom stereocenters. The van der Waals surface area contributed by atoms with Crippen molar-refractivity contribution in [1.82, 2.24) is 15.2 Å². The van der Waals surface area contributed by atoms with Crippen molar-refractivity contribution in [1.29, 1.82) is 0 Å². The van der Waals surface area contributed by atoms with Crippen molar-refractivity contribution in [2.45, 2.75) is 81.8 Å². The van der Waals surface area contributed by atoms with Crippen molar-refractivity contribution < 1.29 is 9.59 Å². The van der Waals surface area contributed by atoms with Crippen LogP contribution < -0.4 is 5.32 Å². The maximum absolute atomic E-state index is 13.8. The number of nitrogens with one attached hydrogen (secondary N) is 1. The van der Waals surface area contributed by atoms with Gasteiger partial charge in [0, 0.05) is 30.5 Å². The molecule has 1 aliphatic heterocycles. The monoisotopic (exact) mass is 417 g/mol. The van der Waals surface area contributed by atoms with Gasteiger partial charge in [0.25, 0.3) is 5.91 Å². The number of aromatic nitrogens is 1. The summed E-state index contributed by atoms with van der Waals surface area (Å²) < 4.78 is 0. The zero-order valence-electron chi connectivity index (χ0n) is 18.1. The van der Waals surface area contributed by atoms with Crippen molar-refractivity contribution >= 4 is 11.8 Å². The van der Waals surface area contributed by atoms with Gasteiger partial charge in [-0.3, -0.25) is 14.6 Å². The first-order valence-corrected chi connectivity index (χ1v) is 11.8. The Morgan fingerprint density at radius 3 is 2.55 bits per heavy atom. The van der Waals surface area contributed by atoms with E-state index in [0.29, 0.717) is 12.1 Å². The van der Waals surface area contributed by atoms with Gasteiger partial charge in [0.05, 0.1) is 11.5 Å². The lowest BCUT2D eigenvalue weighted by Crippen LogP contribution is -2.63. The molecule has 1 aromatic carbocycles. The molecule has 0 radical (unpaired) electrons. The lowest BCUT2D eigenvalue weighted by molar-refractivity contribution is -0.127. The van der Waals surface area contributed by atoms with E-state index in [1.807, 2.05) is 36.4 Å². The van der Waals surface area contributed by atoms with Gasteiger partial charge in [-0.1, -0.05) is 56.4 Å². The zero-order chi connectivity index (χ0) is 21.3. The highest BCUT2D eigenvalue weighted by molar-refractivity contribution is 6.02. The zero-order valence-corrected chi connectivity index (χ0v) is 18.1. The third-order valence-electron chi connectivity index (χ3n) is 7.60. The molecule has 2 aromatic rings. The predicted molar refractivity (Wildman–Crippen MR) is 120 cm³/mol. The second-order valence-electron chi connectivity index (χ2n) is 9.38. The van der Waals surface area contributed by atoms with Crippen LogP contribution in [-0.2, 0) is 11.3 Å². The molecule has 1 atom stereocenters. The fourth-order valence-electron chi connectivity index (χ4n) is 6.27. The average Bonchev–Trinajstić information content (AvgIpc) is 3.28. The number of pyridine rings is 1. The van der Waals surface area contributed by atoms with Gasteiger partial charge in [-0.15, -0.1) is 0 Å². The van der Waals surface area contributed by atoms with Crippen LogP contribution >= 0.6 is 0 Å². The second kappa shape index (κ2) is 8.45. The molecule has 0 bridgehead atoms. The average molecular weight is 418 g/mol. The fraction of sp³-hybridized carbons (Fsp3) is 0.500. The molecule has 162 valence electrons. The Bertz CT molecular complexity index is 946. The van der Waals surface area contributed by atoms with Gasteiger partial charge in [0.1, 0.15) is 0 Å². The van der Waals surface area contributed by atoms with E-state index in [4.69, 9.17) is 0 Å². The molecule has 2 saturated carbocycles. The number of nitrogens with zero attached hydrogens (tertiary/aromatic N) is 2. The minimum atomic E-state index is -0.396. The molecule has 3 aliphatic rings. The van der Waals surface area contributed by atoms with Crippen LogP contribution in [0.25, 0.3) is 0 Å². The van der Waals surface area contributed by atoms with Crippen molar-refractivity contribution in [3.05, 3.63) is 65.5 Å². The first kappa shape index (κ1) is 20.2. The third-order valence-corrected chi connectivity index (χ3v) is 7.60.